The largest absolute Gasteiger partial charge is 0.488 e. The van der Waals surface area contributed by atoms with Crippen LogP contribution in [0.2, 0.25) is 0 Å². The zero-order valence-electron chi connectivity index (χ0n) is 12.3. The van der Waals surface area contributed by atoms with Gasteiger partial charge in [-0.05, 0) is 41.5 Å². The van der Waals surface area contributed by atoms with Crippen LogP contribution in [0.1, 0.15) is 5.56 Å². The van der Waals surface area contributed by atoms with Crippen LogP contribution < -0.4 is 10.5 Å². The van der Waals surface area contributed by atoms with Crippen LogP contribution in [0.5, 0.6) is 5.75 Å². The molecule has 0 aromatic heterocycles. The summed E-state index contributed by atoms with van der Waals surface area (Å²) in [4.78, 5) is 0. The molecule has 0 saturated heterocycles. The van der Waals surface area contributed by atoms with Crippen LogP contribution in [0.25, 0.3) is 11.1 Å². The molecule has 0 amide bonds. The molecule has 23 heavy (non-hydrogen) atoms. The minimum absolute atomic E-state index is 0.357. The van der Waals surface area contributed by atoms with Crippen molar-refractivity contribution in [3.8, 4) is 16.9 Å². The van der Waals surface area contributed by atoms with Crippen LogP contribution in [0.3, 0.4) is 0 Å². The molecule has 3 rings (SSSR count). The van der Waals surface area contributed by atoms with Crippen molar-refractivity contribution in [3.05, 3.63) is 83.9 Å². The Hall–Kier alpha value is -2.88. The van der Waals surface area contributed by atoms with Gasteiger partial charge in [0.1, 0.15) is 24.0 Å². The van der Waals surface area contributed by atoms with Gasteiger partial charge in [-0.1, -0.05) is 30.3 Å². The number of ether oxygens (including phenoxy) is 1. The SMILES string of the molecule is Nc1ccc(OCc2ccccc2)c(-c2cc(F)cc(F)c2)c1. The summed E-state index contributed by atoms with van der Waals surface area (Å²) in [6.45, 7) is 0.357. The van der Waals surface area contributed by atoms with E-state index in [1.54, 1.807) is 18.2 Å². The van der Waals surface area contributed by atoms with E-state index in [0.717, 1.165) is 11.6 Å². The van der Waals surface area contributed by atoms with Gasteiger partial charge in [-0.15, -0.1) is 0 Å². The van der Waals surface area contributed by atoms with Crippen molar-refractivity contribution in [3.63, 3.8) is 0 Å². The highest BCUT2D eigenvalue weighted by molar-refractivity contribution is 5.74. The molecule has 4 heteroatoms. The number of nitrogen functional groups attached to an aromatic ring is 1. The van der Waals surface area contributed by atoms with Gasteiger partial charge in [-0.2, -0.15) is 0 Å². The van der Waals surface area contributed by atoms with Gasteiger partial charge in [-0.25, -0.2) is 8.78 Å². The van der Waals surface area contributed by atoms with Gasteiger partial charge in [0.25, 0.3) is 0 Å². The van der Waals surface area contributed by atoms with Crippen LogP contribution in [-0.4, -0.2) is 0 Å². The minimum Gasteiger partial charge on any atom is -0.488 e. The smallest absolute Gasteiger partial charge is 0.127 e. The normalized spacial score (nSPS) is 10.5. The number of anilines is 1. The number of halogens is 2. The van der Waals surface area contributed by atoms with E-state index in [-0.39, 0.29) is 0 Å². The molecule has 0 unspecified atom stereocenters. The molecule has 0 bridgehead atoms. The lowest BCUT2D eigenvalue weighted by Gasteiger charge is -2.13. The Morgan fingerprint density at radius 1 is 0.826 bits per heavy atom. The second kappa shape index (κ2) is 6.48. The van der Waals surface area contributed by atoms with E-state index in [1.165, 1.54) is 12.1 Å². The summed E-state index contributed by atoms with van der Waals surface area (Å²) in [7, 11) is 0. The molecular weight excluding hydrogens is 296 g/mol. The number of hydrogen-bond donors (Lipinski definition) is 1. The summed E-state index contributed by atoms with van der Waals surface area (Å²) in [6, 6.07) is 18.0. The highest BCUT2D eigenvalue weighted by atomic mass is 19.1. The number of rotatable bonds is 4. The first kappa shape index (κ1) is 15.0. The third-order valence-corrected chi connectivity index (χ3v) is 3.41. The van der Waals surface area contributed by atoms with E-state index >= 15 is 0 Å². The van der Waals surface area contributed by atoms with E-state index in [4.69, 9.17) is 10.5 Å². The van der Waals surface area contributed by atoms with Gasteiger partial charge in [-0.3, -0.25) is 0 Å². The highest BCUT2D eigenvalue weighted by Gasteiger charge is 2.10. The van der Waals surface area contributed by atoms with Gasteiger partial charge >= 0.3 is 0 Å². The van der Waals surface area contributed by atoms with Gasteiger partial charge in [0.15, 0.2) is 0 Å². The van der Waals surface area contributed by atoms with Crippen LogP contribution in [0.15, 0.2) is 66.7 Å². The van der Waals surface area contributed by atoms with Crippen molar-refractivity contribution in [1.82, 2.24) is 0 Å². The van der Waals surface area contributed by atoms with E-state index < -0.39 is 11.6 Å². The van der Waals surface area contributed by atoms with Crippen molar-refractivity contribution in [2.45, 2.75) is 6.61 Å². The Morgan fingerprint density at radius 2 is 1.52 bits per heavy atom. The molecule has 0 radical (unpaired) electrons. The molecule has 0 aliphatic heterocycles. The molecular formula is C19H15F2NO. The molecule has 3 aromatic carbocycles. The summed E-state index contributed by atoms with van der Waals surface area (Å²) in [5, 5.41) is 0. The maximum absolute atomic E-state index is 13.5. The van der Waals surface area contributed by atoms with Crippen LogP contribution in [0, 0.1) is 11.6 Å². The molecule has 0 aliphatic rings. The Bertz CT molecular complexity index is 799. The summed E-state index contributed by atoms with van der Waals surface area (Å²) >= 11 is 0. The fourth-order valence-corrected chi connectivity index (χ4v) is 2.34. The van der Waals surface area contributed by atoms with Crippen molar-refractivity contribution in [2.24, 2.45) is 0 Å². The molecule has 0 aliphatic carbocycles. The Kier molecular flexibility index (Phi) is 4.24. The van der Waals surface area contributed by atoms with Gasteiger partial charge < -0.3 is 10.5 Å². The lowest BCUT2D eigenvalue weighted by Crippen LogP contribution is -1.98. The first-order valence-electron chi connectivity index (χ1n) is 7.14. The number of benzene rings is 3. The standard InChI is InChI=1S/C19H15F2NO/c20-15-8-14(9-16(21)10-15)18-11-17(22)6-7-19(18)23-12-13-4-2-1-3-5-13/h1-11H,12,22H2. The zero-order valence-corrected chi connectivity index (χ0v) is 12.3. The molecule has 0 spiro atoms. The fourth-order valence-electron chi connectivity index (χ4n) is 2.34. The Labute approximate surface area is 133 Å². The monoisotopic (exact) mass is 311 g/mol. The molecule has 0 heterocycles. The van der Waals surface area contributed by atoms with Crippen molar-refractivity contribution in [1.29, 1.82) is 0 Å². The van der Waals surface area contributed by atoms with Gasteiger partial charge in [0, 0.05) is 17.3 Å². The third kappa shape index (κ3) is 3.66. The predicted octanol–water partition coefficient (Wildman–Crippen LogP) is 4.79. The van der Waals surface area contributed by atoms with Crippen LogP contribution >= 0.6 is 0 Å². The quantitative estimate of drug-likeness (QED) is 0.703. The van der Waals surface area contributed by atoms with Gasteiger partial charge in [0.2, 0.25) is 0 Å². The van der Waals surface area contributed by atoms with Crippen molar-refractivity contribution < 1.29 is 13.5 Å². The Balaban J connectivity index is 1.94. The third-order valence-electron chi connectivity index (χ3n) is 3.41. The molecule has 116 valence electrons. The molecule has 0 saturated carbocycles. The maximum Gasteiger partial charge on any atom is 0.127 e. The molecule has 2 nitrogen and oxygen atoms in total. The number of hydrogen-bond acceptors (Lipinski definition) is 2. The summed E-state index contributed by atoms with van der Waals surface area (Å²) in [5.74, 6) is -0.763. The number of nitrogens with two attached hydrogens (primary N) is 1. The van der Waals surface area contributed by atoms with Crippen molar-refractivity contribution >= 4 is 5.69 Å². The highest BCUT2D eigenvalue weighted by Crippen LogP contribution is 2.33. The van der Waals surface area contributed by atoms with Gasteiger partial charge in [0.05, 0.1) is 0 Å². The average molecular weight is 311 g/mol. The average Bonchev–Trinajstić information content (AvgIpc) is 2.54. The molecule has 0 fully saturated rings. The molecule has 2 N–H and O–H groups in total. The van der Waals surface area contributed by atoms with E-state index in [1.807, 2.05) is 30.3 Å². The lowest BCUT2D eigenvalue weighted by atomic mass is 10.0. The zero-order chi connectivity index (χ0) is 16.2. The predicted molar refractivity (Wildman–Crippen MR) is 87.0 cm³/mol. The van der Waals surface area contributed by atoms with E-state index in [0.29, 0.717) is 29.2 Å². The summed E-state index contributed by atoms with van der Waals surface area (Å²) < 4.78 is 32.8. The second-order valence-corrected chi connectivity index (χ2v) is 5.19. The second-order valence-electron chi connectivity index (χ2n) is 5.19. The Morgan fingerprint density at radius 3 is 2.22 bits per heavy atom. The van der Waals surface area contributed by atoms with Crippen LogP contribution in [-0.2, 0) is 6.61 Å². The minimum atomic E-state index is -0.642. The lowest BCUT2D eigenvalue weighted by molar-refractivity contribution is 0.307. The topological polar surface area (TPSA) is 35.2 Å². The molecule has 3 aromatic rings. The maximum atomic E-state index is 13.5. The van der Waals surface area contributed by atoms with E-state index in [2.05, 4.69) is 0 Å². The first-order chi connectivity index (χ1) is 11.1. The van der Waals surface area contributed by atoms with E-state index in [9.17, 15) is 8.78 Å². The van der Waals surface area contributed by atoms with Crippen LogP contribution in [0.4, 0.5) is 14.5 Å². The first-order valence-corrected chi connectivity index (χ1v) is 7.14. The molecule has 0 atom stereocenters. The summed E-state index contributed by atoms with van der Waals surface area (Å²) in [5.41, 5.74) is 8.24. The van der Waals surface area contributed by atoms with Crippen molar-refractivity contribution in [2.75, 3.05) is 5.73 Å². The fraction of sp³-hybridized carbons (Fsp3) is 0.0526. The summed E-state index contributed by atoms with van der Waals surface area (Å²) in [6.07, 6.45) is 0.